The lowest BCUT2D eigenvalue weighted by molar-refractivity contribution is 0.162. The Morgan fingerprint density at radius 3 is 2.75 bits per heavy atom. The molecule has 0 fully saturated rings. The van der Waals surface area contributed by atoms with Gasteiger partial charge in [-0.15, -0.1) is 0 Å². The fraction of sp³-hybridized carbons (Fsp3) is 0.250. The monoisotopic (exact) mass is 267 g/mol. The average molecular weight is 267 g/mol. The van der Waals surface area contributed by atoms with Gasteiger partial charge in [-0.1, -0.05) is 30.3 Å². The fourth-order valence-electron chi connectivity index (χ4n) is 2.04. The zero-order valence-electron chi connectivity index (χ0n) is 11.3. The first kappa shape index (κ1) is 14.0. The van der Waals surface area contributed by atoms with Crippen LogP contribution in [0.4, 0.5) is 5.82 Å². The minimum absolute atomic E-state index is 0.0478. The summed E-state index contributed by atoms with van der Waals surface area (Å²) in [6.07, 6.45) is 1.65. The number of hydrogen-bond donors (Lipinski definition) is 2. The number of rotatable bonds is 5. The lowest BCUT2D eigenvalue weighted by Crippen LogP contribution is -2.19. The molecule has 2 rings (SSSR count). The van der Waals surface area contributed by atoms with E-state index in [0.717, 1.165) is 5.56 Å². The summed E-state index contributed by atoms with van der Waals surface area (Å²) in [7, 11) is 0. The van der Waals surface area contributed by atoms with Crippen LogP contribution in [0.2, 0.25) is 0 Å². The zero-order valence-corrected chi connectivity index (χ0v) is 11.3. The molecule has 20 heavy (non-hydrogen) atoms. The highest BCUT2D eigenvalue weighted by Crippen LogP contribution is 2.19. The van der Waals surface area contributed by atoms with Crippen molar-refractivity contribution < 1.29 is 5.11 Å². The Balaban J connectivity index is 1.95. The van der Waals surface area contributed by atoms with Crippen LogP contribution < -0.4 is 5.32 Å². The quantitative estimate of drug-likeness (QED) is 0.874. The molecule has 0 saturated carbocycles. The number of benzene rings is 1. The van der Waals surface area contributed by atoms with Gasteiger partial charge in [-0.05, 0) is 31.0 Å². The number of aromatic nitrogens is 1. The van der Waals surface area contributed by atoms with Crippen LogP contribution in [0.15, 0.2) is 48.7 Å². The number of nitriles is 1. The molecule has 2 aromatic rings. The van der Waals surface area contributed by atoms with Gasteiger partial charge >= 0.3 is 0 Å². The van der Waals surface area contributed by atoms with Crippen LogP contribution in [0.5, 0.6) is 0 Å². The van der Waals surface area contributed by atoms with Crippen LogP contribution in [0.1, 0.15) is 30.6 Å². The van der Waals surface area contributed by atoms with E-state index < -0.39 is 6.10 Å². The molecule has 102 valence electrons. The normalized spacial score (nSPS) is 13.2. The summed E-state index contributed by atoms with van der Waals surface area (Å²) >= 11 is 0. The van der Waals surface area contributed by atoms with Crippen molar-refractivity contribution in [1.29, 1.82) is 5.26 Å². The molecule has 0 aliphatic carbocycles. The Morgan fingerprint density at radius 1 is 1.30 bits per heavy atom. The van der Waals surface area contributed by atoms with Gasteiger partial charge in [-0.3, -0.25) is 0 Å². The number of aliphatic hydroxyl groups excluding tert-OH is 1. The molecule has 0 unspecified atom stereocenters. The Morgan fingerprint density at radius 2 is 2.05 bits per heavy atom. The van der Waals surface area contributed by atoms with Gasteiger partial charge in [0.25, 0.3) is 0 Å². The Labute approximate surface area is 118 Å². The topological polar surface area (TPSA) is 68.9 Å². The second kappa shape index (κ2) is 6.69. The molecule has 0 saturated heterocycles. The van der Waals surface area contributed by atoms with Crippen LogP contribution in [-0.4, -0.2) is 16.1 Å². The highest BCUT2D eigenvalue weighted by Gasteiger charge is 2.12. The molecule has 0 radical (unpaired) electrons. The number of nitrogens with zero attached hydrogens (tertiary/aromatic N) is 2. The number of anilines is 1. The first-order valence-corrected chi connectivity index (χ1v) is 6.54. The van der Waals surface area contributed by atoms with E-state index in [9.17, 15) is 5.11 Å². The second-order valence-electron chi connectivity index (χ2n) is 4.75. The van der Waals surface area contributed by atoms with Crippen LogP contribution in [-0.2, 0) is 0 Å². The molecule has 1 aromatic carbocycles. The average Bonchev–Trinajstić information content (AvgIpc) is 2.48. The molecule has 1 aromatic heterocycles. The highest BCUT2D eigenvalue weighted by molar-refractivity contribution is 5.42. The van der Waals surface area contributed by atoms with Crippen molar-refractivity contribution in [2.45, 2.75) is 25.5 Å². The van der Waals surface area contributed by atoms with E-state index in [-0.39, 0.29) is 6.04 Å². The van der Waals surface area contributed by atoms with Crippen molar-refractivity contribution >= 4 is 5.82 Å². The van der Waals surface area contributed by atoms with Gasteiger partial charge in [0, 0.05) is 12.2 Å². The zero-order chi connectivity index (χ0) is 14.4. The van der Waals surface area contributed by atoms with Crippen LogP contribution in [0, 0.1) is 11.3 Å². The molecule has 2 N–H and O–H groups in total. The third-order valence-electron chi connectivity index (χ3n) is 3.04. The van der Waals surface area contributed by atoms with Crippen LogP contribution in [0.25, 0.3) is 0 Å². The highest BCUT2D eigenvalue weighted by atomic mass is 16.3. The largest absolute Gasteiger partial charge is 0.388 e. The maximum absolute atomic E-state index is 10.2. The lowest BCUT2D eigenvalue weighted by atomic mass is 10.0. The van der Waals surface area contributed by atoms with E-state index in [2.05, 4.69) is 16.4 Å². The molecule has 0 aliphatic rings. The van der Waals surface area contributed by atoms with Crippen molar-refractivity contribution in [2.75, 3.05) is 5.32 Å². The van der Waals surface area contributed by atoms with E-state index in [1.807, 2.05) is 37.3 Å². The summed E-state index contributed by atoms with van der Waals surface area (Å²) in [6, 6.07) is 15.1. The summed E-state index contributed by atoms with van der Waals surface area (Å²) in [5.74, 6) is 0.650. The van der Waals surface area contributed by atoms with E-state index >= 15 is 0 Å². The molecule has 0 bridgehead atoms. The predicted molar refractivity (Wildman–Crippen MR) is 78.1 cm³/mol. The van der Waals surface area contributed by atoms with Gasteiger partial charge in [0.15, 0.2) is 0 Å². The minimum atomic E-state index is -0.516. The molecular weight excluding hydrogens is 250 g/mol. The Kier molecular flexibility index (Phi) is 4.70. The van der Waals surface area contributed by atoms with Gasteiger partial charge in [-0.25, -0.2) is 4.98 Å². The van der Waals surface area contributed by atoms with Gasteiger partial charge < -0.3 is 10.4 Å². The standard InChI is InChI=1S/C16H17N3O/c1-12(9-15(20)14-5-3-2-4-6-14)19-16-10-13(11-17)7-8-18-16/h2-8,10,12,15,20H,9H2,1H3,(H,18,19)/t12-,15+/m1/s1. The van der Waals surface area contributed by atoms with E-state index in [1.165, 1.54) is 0 Å². The lowest BCUT2D eigenvalue weighted by Gasteiger charge is -2.18. The molecule has 4 nitrogen and oxygen atoms in total. The van der Waals surface area contributed by atoms with Gasteiger partial charge in [0.2, 0.25) is 0 Å². The minimum Gasteiger partial charge on any atom is -0.388 e. The summed E-state index contributed by atoms with van der Waals surface area (Å²) in [5.41, 5.74) is 1.47. The van der Waals surface area contributed by atoms with Crippen LogP contribution in [0.3, 0.4) is 0 Å². The summed E-state index contributed by atoms with van der Waals surface area (Å²) in [6.45, 7) is 1.98. The molecular formula is C16H17N3O. The third-order valence-corrected chi connectivity index (χ3v) is 3.04. The molecule has 4 heteroatoms. The Bertz CT molecular complexity index is 592. The first-order valence-electron chi connectivity index (χ1n) is 6.54. The number of pyridine rings is 1. The molecule has 0 amide bonds. The molecule has 2 atom stereocenters. The molecule has 0 spiro atoms. The maximum atomic E-state index is 10.2. The maximum Gasteiger partial charge on any atom is 0.127 e. The van der Waals surface area contributed by atoms with Gasteiger partial charge in [-0.2, -0.15) is 5.26 Å². The van der Waals surface area contributed by atoms with Crippen molar-refractivity contribution in [3.8, 4) is 6.07 Å². The number of nitrogens with one attached hydrogen (secondary N) is 1. The van der Waals surface area contributed by atoms with Crippen molar-refractivity contribution in [2.24, 2.45) is 0 Å². The van der Waals surface area contributed by atoms with E-state index in [0.29, 0.717) is 17.8 Å². The number of hydrogen-bond acceptors (Lipinski definition) is 4. The first-order chi connectivity index (χ1) is 9.69. The molecule has 1 heterocycles. The Hall–Kier alpha value is -2.38. The SMILES string of the molecule is C[C@H](C[C@H](O)c1ccccc1)Nc1cc(C#N)ccn1. The van der Waals surface area contributed by atoms with Crippen molar-refractivity contribution in [1.82, 2.24) is 4.98 Å². The predicted octanol–water partition coefficient (Wildman–Crippen LogP) is 2.88. The fourth-order valence-corrected chi connectivity index (χ4v) is 2.04. The van der Waals surface area contributed by atoms with Crippen LogP contribution >= 0.6 is 0 Å². The third kappa shape index (κ3) is 3.81. The smallest absolute Gasteiger partial charge is 0.127 e. The summed E-state index contributed by atoms with van der Waals surface area (Å²) < 4.78 is 0. The van der Waals surface area contributed by atoms with Crippen molar-refractivity contribution in [3.05, 3.63) is 59.8 Å². The summed E-state index contributed by atoms with van der Waals surface area (Å²) in [5, 5.41) is 22.2. The number of aliphatic hydroxyl groups is 1. The second-order valence-corrected chi connectivity index (χ2v) is 4.75. The molecule has 0 aliphatic heterocycles. The van der Waals surface area contributed by atoms with Gasteiger partial charge in [0.1, 0.15) is 5.82 Å². The van der Waals surface area contributed by atoms with Gasteiger partial charge in [0.05, 0.1) is 17.7 Å². The van der Waals surface area contributed by atoms with E-state index in [4.69, 9.17) is 5.26 Å². The van der Waals surface area contributed by atoms with Crippen molar-refractivity contribution in [3.63, 3.8) is 0 Å². The summed E-state index contributed by atoms with van der Waals surface area (Å²) in [4.78, 5) is 4.16. The van der Waals surface area contributed by atoms with E-state index in [1.54, 1.807) is 18.3 Å².